The molecule has 0 unspecified atom stereocenters. The van der Waals surface area contributed by atoms with Crippen molar-refractivity contribution >= 4 is 27.7 Å². The first-order valence-corrected chi connectivity index (χ1v) is 12.0. The number of thioether (sulfide) groups is 1. The van der Waals surface area contributed by atoms with E-state index in [1.807, 2.05) is 6.92 Å². The summed E-state index contributed by atoms with van der Waals surface area (Å²) in [6.07, 6.45) is 0.870. The van der Waals surface area contributed by atoms with Crippen LogP contribution in [-0.2, 0) is 14.8 Å². The molecule has 1 N–H and O–H groups in total. The Kier molecular flexibility index (Phi) is 7.32. The van der Waals surface area contributed by atoms with E-state index in [4.69, 9.17) is 0 Å². The third-order valence-corrected chi connectivity index (χ3v) is 7.92. The van der Waals surface area contributed by atoms with Gasteiger partial charge in [0, 0.05) is 36.2 Å². The van der Waals surface area contributed by atoms with Gasteiger partial charge in [0.1, 0.15) is 10.7 Å². The number of benzene rings is 2. The van der Waals surface area contributed by atoms with Gasteiger partial charge in [-0.15, -0.1) is 11.8 Å². The Balaban J connectivity index is 1.44. The molecule has 3 rings (SSSR count). The van der Waals surface area contributed by atoms with Gasteiger partial charge in [-0.2, -0.15) is 4.31 Å². The Morgan fingerprint density at radius 3 is 2.45 bits per heavy atom. The van der Waals surface area contributed by atoms with Crippen molar-refractivity contribution in [1.82, 2.24) is 9.62 Å². The Bertz CT molecular complexity index is 941. The van der Waals surface area contributed by atoms with Gasteiger partial charge in [-0.25, -0.2) is 12.8 Å². The van der Waals surface area contributed by atoms with E-state index in [0.29, 0.717) is 19.4 Å². The van der Waals surface area contributed by atoms with Gasteiger partial charge in [0.15, 0.2) is 0 Å². The fourth-order valence-corrected chi connectivity index (χ4v) is 5.58. The summed E-state index contributed by atoms with van der Waals surface area (Å²) < 4.78 is 40.4. The summed E-state index contributed by atoms with van der Waals surface area (Å²) in [5.74, 6) is -0.239. The molecule has 2 aromatic rings. The van der Waals surface area contributed by atoms with Crippen LogP contribution in [0, 0.1) is 18.7 Å². The molecule has 1 heterocycles. The van der Waals surface area contributed by atoms with Crippen LogP contribution < -0.4 is 5.32 Å². The summed E-state index contributed by atoms with van der Waals surface area (Å²) in [6, 6.07) is 13.6. The largest absolute Gasteiger partial charge is 0.355 e. The van der Waals surface area contributed by atoms with Gasteiger partial charge in [-0.1, -0.05) is 29.8 Å². The zero-order valence-corrected chi connectivity index (χ0v) is 17.9. The van der Waals surface area contributed by atoms with Crippen LogP contribution in [0.3, 0.4) is 0 Å². The van der Waals surface area contributed by atoms with Crippen molar-refractivity contribution in [3.05, 3.63) is 59.9 Å². The first-order valence-electron chi connectivity index (χ1n) is 9.60. The smallest absolute Gasteiger partial charge is 0.245 e. The molecule has 0 radical (unpaired) electrons. The van der Waals surface area contributed by atoms with Gasteiger partial charge in [-0.05, 0) is 44.0 Å². The van der Waals surface area contributed by atoms with Gasteiger partial charge in [-0.3, -0.25) is 4.79 Å². The minimum Gasteiger partial charge on any atom is -0.355 e. The fraction of sp³-hybridized carbons (Fsp3) is 0.381. The molecule has 5 nitrogen and oxygen atoms in total. The third-order valence-electron chi connectivity index (χ3n) is 4.97. The van der Waals surface area contributed by atoms with Crippen LogP contribution in [0.2, 0.25) is 0 Å². The number of aryl methyl sites for hydroxylation is 1. The molecule has 2 aromatic carbocycles. The molecule has 156 valence electrons. The van der Waals surface area contributed by atoms with Gasteiger partial charge >= 0.3 is 0 Å². The average Bonchev–Trinajstić information content (AvgIpc) is 2.72. The van der Waals surface area contributed by atoms with Crippen LogP contribution in [0.1, 0.15) is 18.4 Å². The van der Waals surface area contributed by atoms with Crippen LogP contribution in [0.4, 0.5) is 4.39 Å². The lowest BCUT2D eigenvalue weighted by molar-refractivity contribution is -0.125. The molecule has 0 spiro atoms. The number of halogens is 1. The SMILES string of the molecule is Cc1ccc(SCCNC(=O)C2CCN(S(=O)(=O)c3ccccc3F)CC2)cc1. The minimum absolute atomic E-state index is 0.0440. The van der Waals surface area contributed by atoms with Crippen LogP contribution in [0.15, 0.2) is 58.3 Å². The monoisotopic (exact) mass is 436 g/mol. The van der Waals surface area contributed by atoms with Crippen molar-refractivity contribution in [1.29, 1.82) is 0 Å². The molecule has 0 bridgehead atoms. The quantitative estimate of drug-likeness (QED) is 0.533. The second kappa shape index (κ2) is 9.73. The van der Waals surface area contributed by atoms with E-state index in [2.05, 4.69) is 29.6 Å². The van der Waals surface area contributed by atoms with E-state index in [0.717, 1.165) is 16.7 Å². The highest BCUT2D eigenvalue weighted by Crippen LogP contribution is 2.25. The summed E-state index contributed by atoms with van der Waals surface area (Å²) in [6.45, 7) is 3.03. The van der Waals surface area contributed by atoms with Crippen molar-refractivity contribution in [3.63, 3.8) is 0 Å². The number of sulfonamides is 1. The van der Waals surface area contributed by atoms with Crippen LogP contribution >= 0.6 is 11.8 Å². The summed E-state index contributed by atoms with van der Waals surface area (Å²) in [7, 11) is -3.87. The van der Waals surface area contributed by atoms with Crippen LogP contribution in [-0.4, -0.2) is 44.0 Å². The molecule has 29 heavy (non-hydrogen) atoms. The zero-order chi connectivity index (χ0) is 20.9. The second-order valence-electron chi connectivity index (χ2n) is 7.06. The van der Waals surface area contributed by atoms with Crippen molar-refractivity contribution in [2.75, 3.05) is 25.4 Å². The van der Waals surface area contributed by atoms with E-state index in [1.54, 1.807) is 11.8 Å². The number of piperidine rings is 1. The Morgan fingerprint density at radius 1 is 1.14 bits per heavy atom. The molecule has 1 amide bonds. The normalized spacial score (nSPS) is 15.9. The predicted octanol–water partition coefficient (Wildman–Crippen LogP) is 3.44. The van der Waals surface area contributed by atoms with Gasteiger partial charge < -0.3 is 5.32 Å². The Hall–Kier alpha value is -1.90. The average molecular weight is 437 g/mol. The Morgan fingerprint density at radius 2 is 1.79 bits per heavy atom. The number of rotatable bonds is 7. The molecule has 1 fully saturated rings. The second-order valence-corrected chi connectivity index (χ2v) is 10.1. The maximum Gasteiger partial charge on any atom is 0.245 e. The summed E-state index contributed by atoms with van der Waals surface area (Å²) in [5.41, 5.74) is 1.21. The molecule has 1 aliphatic heterocycles. The lowest BCUT2D eigenvalue weighted by Gasteiger charge is -2.30. The standard InChI is InChI=1S/C21H25FN2O3S2/c1-16-6-8-18(9-7-16)28-15-12-23-21(25)17-10-13-24(14-11-17)29(26,27)20-5-3-2-4-19(20)22/h2-9,17H,10-15H2,1H3,(H,23,25). The highest BCUT2D eigenvalue weighted by Gasteiger charge is 2.33. The van der Waals surface area contributed by atoms with Crippen molar-refractivity contribution in [2.24, 2.45) is 5.92 Å². The predicted molar refractivity (Wildman–Crippen MR) is 113 cm³/mol. The maximum atomic E-state index is 13.9. The number of carbonyl (C=O) groups excluding carboxylic acids is 1. The van der Waals surface area contributed by atoms with Crippen LogP contribution in [0.5, 0.6) is 0 Å². The lowest BCUT2D eigenvalue weighted by Crippen LogP contribution is -2.43. The molecular weight excluding hydrogens is 411 g/mol. The van der Waals surface area contributed by atoms with Crippen molar-refractivity contribution in [3.8, 4) is 0 Å². The highest BCUT2D eigenvalue weighted by atomic mass is 32.2. The number of hydrogen-bond donors (Lipinski definition) is 1. The molecular formula is C21H25FN2O3S2. The molecule has 0 aromatic heterocycles. The zero-order valence-electron chi connectivity index (χ0n) is 16.3. The number of hydrogen-bond acceptors (Lipinski definition) is 4. The molecule has 0 saturated carbocycles. The van der Waals surface area contributed by atoms with Crippen LogP contribution in [0.25, 0.3) is 0 Å². The number of nitrogens with zero attached hydrogens (tertiary/aromatic N) is 1. The number of nitrogens with one attached hydrogen (secondary N) is 1. The number of amides is 1. The third kappa shape index (κ3) is 5.58. The number of carbonyl (C=O) groups is 1. The van der Waals surface area contributed by atoms with Crippen molar-refractivity contribution < 1.29 is 17.6 Å². The van der Waals surface area contributed by atoms with E-state index >= 15 is 0 Å². The van der Waals surface area contributed by atoms with E-state index in [-0.39, 0.29) is 29.8 Å². The van der Waals surface area contributed by atoms with Gasteiger partial charge in [0.25, 0.3) is 0 Å². The Labute approximate surface area is 175 Å². The first-order chi connectivity index (χ1) is 13.9. The molecule has 1 aliphatic rings. The fourth-order valence-electron chi connectivity index (χ4n) is 3.27. The summed E-state index contributed by atoms with van der Waals surface area (Å²) >= 11 is 1.68. The topological polar surface area (TPSA) is 66.5 Å². The molecule has 0 aliphatic carbocycles. The summed E-state index contributed by atoms with van der Waals surface area (Å²) in [5, 5.41) is 2.94. The molecule has 8 heteroatoms. The highest BCUT2D eigenvalue weighted by molar-refractivity contribution is 7.99. The summed E-state index contributed by atoms with van der Waals surface area (Å²) in [4.78, 5) is 13.2. The van der Waals surface area contributed by atoms with E-state index < -0.39 is 15.8 Å². The first kappa shape index (κ1) is 21.8. The lowest BCUT2D eigenvalue weighted by atomic mass is 9.97. The van der Waals surface area contributed by atoms with Gasteiger partial charge in [0.05, 0.1) is 0 Å². The van der Waals surface area contributed by atoms with Crippen molar-refractivity contribution in [2.45, 2.75) is 29.6 Å². The molecule has 0 atom stereocenters. The molecule has 1 saturated heterocycles. The maximum absolute atomic E-state index is 13.9. The van der Waals surface area contributed by atoms with Gasteiger partial charge in [0.2, 0.25) is 15.9 Å². The van der Waals surface area contributed by atoms with E-state index in [9.17, 15) is 17.6 Å². The van der Waals surface area contributed by atoms with E-state index in [1.165, 1.54) is 28.1 Å². The minimum atomic E-state index is -3.87.